The van der Waals surface area contributed by atoms with Gasteiger partial charge in [0.1, 0.15) is 5.58 Å². The maximum Gasteiger partial charge on any atom is 0.269 e. The van der Waals surface area contributed by atoms with E-state index in [1.807, 2.05) is 0 Å². The Morgan fingerprint density at radius 2 is 1.96 bits per heavy atom. The van der Waals surface area contributed by atoms with E-state index in [2.05, 4.69) is 5.32 Å². The molecule has 1 amide bonds. The van der Waals surface area contributed by atoms with E-state index in [9.17, 15) is 14.9 Å². The van der Waals surface area contributed by atoms with Crippen LogP contribution in [-0.4, -0.2) is 10.8 Å². The van der Waals surface area contributed by atoms with Gasteiger partial charge < -0.3 is 9.73 Å². The Labute approximate surface area is 135 Å². The number of furan rings is 1. The van der Waals surface area contributed by atoms with Gasteiger partial charge in [0, 0.05) is 33.8 Å². The van der Waals surface area contributed by atoms with Crippen molar-refractivity contribution < 1.29 is 14.1 Å². The van der Waals surface area contributed by atoms with Crippen molar-refractivity contribution in [2.45, 2.75) is 6.42 Å². The van der Waals surface area contributed by atoms with Gasteiger partial charge >= 0.3 is 0 Å². The summed E-state index contributed by atoms with van der Waals surface area (Å²) >= 11 is 5.96. The fourth-order valence-corrected chi connectivity index (χ4v) is 2.41. The summed E-state index contributed by atoms with van der Waals surface area (Å²) in [6.45, 7) is 0. The van der Waals surface area contributed by atoms with Crippen molar-refractivity contribution in [1.82, 2.24) is 0 Å². The van der Waals surface area contributed by atoms with Gasteiger partial charge in [0.15, 0.2) is 0 Å². The molecule has 0 radical (unpaired) electrons. The normalized spacial score (nSPS) is 10.7. The van der Waals surface area contributed by atoms with Crippen molar-refractivity contribution in [2.75, 3.05) is 5.32 Å². The molecule has 1 aromatic heterocycles. The molecule has 0 unspecified atom stereocenters. The van der Waals surface area contributed by atoms with Gasteiger partial charge in [-0.3, -0.25) is 14.9 Å². The summed E-state index contributed by atoms with van der Waals surface area (Å²) in [6, 6.07) is 10.9. The lowest BCUT2D eigenvalue weighted by Gasteiger charge is -2.04. The minimum absolute atomic E-state index is 0.0292. The van der Waals surface area contributed by atoms with Crippen LogP contribution >= 0.6 is 11.6 Å². The summed E-state index contributed by atoms with van der Waals surface area (Å²) in [5, 5.41) is 14.6. The van der Waals surface area contributed by atoms with E-state index in [1.54, 1.807) is 18.2 Å². The lowest BCUT2D eigenvalue weighted by atomic mass is 10.1. The molecule has 116 valence electrons. The van der Waals surface area contributed by atoms with Crippen molar-refractivity contribution in [2.24, 2.45) is 0 Å². The van der Waals surface area contributed by atoms with Crippen LogP contribution in [0.3, 0.4) is 0 Å². The fourth-order valence-electron chi connectivity index (χ4n) is 2.24. The molecule has 0 saturated carbocycles. The van der Waals surface area contributed by atoms with E-state index in [0.717, 1.165) is 10.9 Å². The second-order valence-electron chi connectivity index (χ2n) is 4.93. The molecule has 0 aliphatic carbocycles. The number of nitro groups is 1. The summed E-state index contributed by atoms with van der Waals surface area (Å²) in [6.07, 6.45) is 1.64. The average molecular weight is 331 g/mol. The van der Waals surface area contributed by atoms with E-state index in [-0.39, 0.29) is 18.0 Å². The average Bonchev–Trinajstić information content (AvgIpc) is 2.90. The van der Waals surface area contributed by atoms with E-state index >= 15 is 0 Å². The van der Waals surface area contributed by atoms with Crippen LogP contribution in [0.5, 0.6) is 0 Å². The quantitative estimate of drug-likeness (QED) is 0.574. The highest BCUT2D eigenvalue weighted by molar-refractivity contribution is 6.31. The number of carbonyl (C=O) groups is 1. The maximum atomic E-state index is 12.1. The maximum absolute atomic E-state index is 12.1. The SMILES string of the molecule is O=C(Cc1coc2ccc(Cl)cc12)Nc1ccc([N+](=O)[O-])cc1. The number of hydrogen-bond donors (Lipinski definition) is 1. The molecule has 0 bridgehead atoms. The Balaban J connectivity index is 1.73. The smallest absolute Gasteiger partial charge is 0.269 e. The number of anilines is 1. The number of hydrogen-bond acceptors (Lipinski definition) is 4. The van der Waals surface area contributed by atoms with Crippen LogP contribution in [0.25, 0.3) is 11.0 Å². The summed E-state index contributed by atoms with van der Waals surface area (Å²) in [5.74, 6) is -0.249. The van der Waals surface area contributed by atoms with Gasteiger partial charge in [-0.25, -0.2) is 0 Å². The molecule has 3 rings (SSSR count). The zero-order valence-corrected chi connectivity index (χ0v) is 12.5. The third kappa shape index (κ3) is 3.32. The number of benzene rings is 2. The molecule has 0 spiro atoms. The number of non-ortho nitro benzene ring substituents is 1. The Morgan fingerprint density at radius 3 is 2.65 bits per heavy atom. The van der Waals surface area contributed by atoms with Gasteiger partial charge in [0.2, 0.25) is 5.91 Å². The minimum atomic E-state index is -0.493. The minimum Gasteiger partial charge on any atom is -0.464 e. The molecule has 1 heterocycles. The summed E-state index contributed by atoms with van der Waals surface area (Å²) in [7, 11) is 0. The molecule has 23 heavy (non-hydrogen) atoms. The molecular formula is C16H11ClN2O4. The predicted molar refractivity (Wildman–Crippen MR) is 86.7 cm³/mol. The highest BCUT2D eigenvalue weighted by Crippen LogP contribution is 2.25. The number of carbonyl (C=O) groups excluding carboxylic acids is 1. The summed E-state index contributed by atoms with van der Waals surface area (Å²) in [5.41, 5.74) is 1.85. The van der Waals surface area contributed by atoms with Crippen molar-refractivity contribution in [1.29, 1.82) is 0 Å². The van der Waals surface area contributed by atoms with Crippen LogP contribution in [0.1, 0.15) is 5.56 Å². The van der Waals surface area contributed by atoms with E-state index < -0.39 is 4.92 Å². The zero-order chi connectivity index (χ0) is 16.4. The van der Waals surface area contributed by atoms with Crippen LogP contribution in [0, 0.1) is 10.1 Å². The molecular weight excluding hydrogens is 320 g/mol. The Kier molecular flexibility index (Phi) is 3.99. The van der Waals surface area contributed by atoms with Crippen molar-refractivity contribution in [3.63, 3.8) is 0 Å². The molecule has 0 saturated heterocycles. The number of nitrogens with zero attached hydrogens (tertiary/aromatic N) is 1. The highest BCUT2D eigenvalue weighted by Gasteiger charge is 2.12. The van der Waals surface area contributed by atoms with Crippen molar-refractivity contribution in [3.05, 3.63) is 69.4 Å². The molecule has 2 aromatic carbocycles. The molecule has 0 atom stereocenters. The third-order valence-electron chi connectivity index (χ3n) is 3.33. The number of rotatable bonds is 4. The Morgan fingerprint density at radius 1 is 1.22 bits per heavy atom. The van der Waals surface area contributed by atoms with Gasteiger partial charge in [-0.1, -0.05) is 11.6 Å². The van der Waals surface area contributed by atoms with Crippen LogP contribution in [0.2, 0.25) is 5.02 Å². The topological polar surface area (TPSA) is 85.4 Å². The fraction of sp³-hybridized carbons (Fsp3) is 0.0625. The zero-order valence-electron chi connectivity index (χ0n) is 11.8. The lowest BCUT2D eigenvalue weighted by Crippen LogP contribution is -2.14. The summed E-state index contributed by atoms with van der Waals surface area (Å²) < 4.78 is 5.38. The molecule has 0 fully saturated rings. The molecule has 0 aliphatic rings. The first-order valence-corrected chi connectivity index (χ1v) is 7.10. The molecule has 0 aliphatic heterocycles. The third-order valence-corrected chi connectivity index (χ3v) is 3.56. The molecule has 6 nitrogen and oxygen atoms in total. The second-order valence-corrected chi connectivity index (χ2v) is 5.37. The van der Waals surface area contributed by atoms with Gasteiger partial charge in [-0.2, -0.15) is 0 Å². The van der Waals surface area contributed by atoms with Gasteiger partial charge in [-0.05, 0) is 30.3 Å². The van der Waals surface area contributed by atoms with Gasteiger partial charge in [-0.15, -0.1) is 0 Å². The molecule has 1 N–H and O–H groups in total. The standard InChI is InChI=1S/C16H11ClN2O4/c17-11-1-6-15-14(8-11)10(9-23-15)7-16(20)18-12-2-4-13(5-3-12)19(21)22/h1-6,8-9H,7H2,(H,18,20). The highest BCUT2D eigenvalue weighted by atomic mass is 35.5. The monoisotopic (exact) mass is 330 g/mol. The van der Waals surface area contributed by atoms with E-state index in [0.29, 0.717) is 16.3 Å². The van der Waals surface area contributed by atoms with Crippen LogP contribution in [0.4, 0.5) is 11.4 Å². The predicted octanol–water partition coefficient (Wildman–Crippen LogP) is 4.18. The number of fused-ring (bicyclic) bond motifs is 1. The van der Waals surface area contributed by atoms with E-state index in [4.69, 9.17) is 16.0 Å². The van der Waals surface area contributed by atoms with Crippen LogP contribution < -0.4 is 5.32 Å². The van der Waals surface area contributed by atoms with Crippen LogP contribution in [-0.2, 0) is 11.2 Å². The first-order chi connectivity index (χ1) is 11.0. The molecule has 7 heteroatoms. The Bertz CT molecular complexity index is 887. The number of amides is 1. The number of nitrogens with one attached hydrogen (secondary N) is 1. The Hall–Kier alpha value is -2.86. The van der Waals surface area contributed by atoms with Crippen LogP contribution in [0.15, 0.2) is 53.1 Å². The summed E-state index contributed by atoms with van der Waals surface area (Å²) in [4.78, 5) is 22.2. The lowest BCUT2D eigenvalue weighted by molar-refractivity contribution is -0.384. The number of halogens is 1. The first-order valence-electron chi connectivity index (χ1n) is 6.73. The second kappa shape index (κ2) is 6.10. The first kappa shape index (κ1) is 15.1. The van der Waals surface area contributed by atoms with E-state index in [1.165, 1.54) is 30.5 Å². The van der Waals surface area contributed by atoms with Crippen molar-refractivity contribution >= 4 is 39.9 Å². The van der Waals surface area contributed by atoms with Gasteiger partial charge in [0.05, 0.1) is 17.6 Å². The largest absolute Gasteiger partial charge is 0.464 e. The molecule has 3 aromatic rings. The van der Waals surface area contributed by atoms with Gasteiger partial charge in [0.25, 0.3) is 5.69 Å². The number of nitro benzene ring substituents is 1. The van der Waals surface area contributed by atoms with Crippen molar-refractivity contribution in [3.8, 4) is 0 Å².